The first-order valence-electron chi connectivity index (χ1n) is 15.8. The number of benzene rings is 3. The summed E-state index contributed by atoms with van der Waals surface area (Å²) in [6, 6.07) is 12.1. The highest BCUT2D eigenvalue weighted by Crippen LogP contribution is 2.34. The smallest absolute Gasteiger partial charge is 0.416 e. The van der Waals surface area contributed by atoms with E-state index in [9.17, 15) is 32.3 Å². The number of halogens is 4. The molecule has 2 heterocycles. The summed E-state index contributed by atoms with van der Waals surface area (Å²) in [5, 5.41) is 8.16. The van der Waals surface area contributed by atoms with Gasteiger partial charge in [-0.1, -0.05) is 25.1 Å². The summed E-state index contributed by atoms with van der Waals surface area (Å²) in [6.07, 6.45) is -3.80. The molecule has 3 aromatic carbocycles. The number of nitrogens with zero attached hydrogens (tertiary/aromatic N) is 1. The van der Waals surface area contributed by atoms with E-state index in [-0.39, 0.29) is 74.2 Å². The lowest BCUT2D eigenvalue weighted by Gasteiger charge is -2.23. The van der Waals surface area contributed by atoms with Crippen LogP contribution in [-0.4, -0.2) is 61.3 Å². The molecule has 0 saturated heterocycles. The first-order valence-corrected chi connectivity index (χ1v) is 15.8. The lowest BCUT2D eigenvalue weighted by atomic mass is 10.1. The first-order chi connectivity index (χ1) is 23.4. The van der Waals surface area contributed by atoms with Crippen molar-refractivity contribution in [2.75, 3.05) is 26.7 Å². The van der Waals surface area contributed by atoms with Crippen molar-refractivity contribution in [3.63, 3.8) is 0 Å². The number of rotatable bonds is 4. The van der Waals surface area contributed by atoms with E-state index in [1.807, 2.05) is 0 Å². The minimum atomic E-state index is -4.50. The number of amides is 4. The SMILES string of the molecule is CC[C@@H]1NC(=O)CCCN(C(=O)Cc2ccc(C(F)(F)F)cc2)CCCNC(=O)c2ccc(OC)c(c2)Oc2ccc(cc2F)CNC1=O. The zero-order chi connectivity index (χ0) is 35.6. The van der Waals surface area contributed by atoms with Crippen LogP contribution < -0.4 is 25.4 Å². The molecule has 2 aliphatic heterocycles. The Kier molecular flexibility index (Phi) is 12.6. The van der Waals surface area contributed by atoms with E-state index in [0.717, 1.165) is 12.1 Å². The maximum Gasteiger partial charge on any atom is 0.416 e. The van der Waals surface area contributed by atoms with Gasteiger partial charge in [-0.15, -0.1) is 0 Å². The number of hydrogen-bond donors (Lipinski definition) is 3. The van der Waals surface area contributed by atoms with Crippen molar-refractivity contribution in [1.29, 1.82) is 0 Å². The quantitative estimate of drug-likeness (QED) is 0.327. The van der Waals surface area contributed by atoms with Crippen molar-refractivity contribution in [2.45, 2.75) is 57.8 Å². The topological polar surface area (TPSA) is 126 Å². The molecule has 0 saturated carbocycles. The monoisotopic (exact) mass is 686 g/mol. The molecule has 0 spiro atoms. The van der Waals surface area contributed by atoms with Gasteiger partial charge in [0, 0.05) is 38.2 Å². The third-order valence-electron chi connectivity index (χ3n) is 7.88. The van der Waals surface area contributed by atoms with Gasteiger partial charge >= 0.3 is 6.18 Å². The fourth-order valence-electron chi connectivity index (χ4n) is 5.15. The van der Waals surface area contributed by atoms with Gasteiger partial charge in [0.2, 0.25) is 17.7 Å². The molecule has 262 valence electrons. The Morgan fingerprint density at radius 1 is 0.959 bits per heavy atom. The number of fused-ring (bicyclic) bond motifs is 16. The predicted octanol–water partition coefficient (Wildman–Crippen LogP) is 5.14. The van der Waals surface area contributed by atoms with Crippen LogP contribution in [-0.2, 0) is 33.5 Å². The summed E-state index contributed by atoms with van der Waals surface area (Å²) in [7, 11) is 1.40. The molecule has 5 rings (SSSR count). The molecule has 0 aromatic heterocycles. The highest BCUT2D eigenvalue weighted by molar-refractivity contribution is 5.95. The van der Waals surface area contributed by atoms with Gasteiger partial charge in [0.05, 0.1) is 19.1 Å². The third-order valence-corrected chi connectivity index (χ3v) is 7.88. The molecule has 0 unspecified atom stereocenters. The van der Waals surface area contributed by atoms with Crippen molar-refractivity contribution >= 4 is 23.6 Å². The molecule has 10 nitrogen and oxygen atoms in total. The molecule has 0 aliphatic carbocycles. The number of nitrogens with one attached hydrogen (secondary N) is 3. The number of ether oxygens (including phenoxy) is 2. The van der Waals surface area contributed by atoms with Crippen LogP contribution >= 0.6 is 0 Å². The molecule has 4 amide bonds. The second kappa shape index (κ2) is 16.8. The van der Waals surface area contributed by atoms with Gasteiger partial charge < -0.3 is 30.3 Å². The van der Waals surface area contributed by atoms with Crippen LogP contribution in [0, 0.1) is 5.82 Å². The van der Waals surface area contributed by atoms with Crippen LogP contribution in [0.5, 0.6) is 17.2 Å². The fourth-order valence-corrected chi connectivity index (χ4v) is 5.15. The number of carbonyl (C=O) groups is 4. The number of hydrogen-bond acceptors (Lipinski definition) is 6. The zero-order valence-corrected chi connectivity index (χ0v) is 27.1. The number of alkyl halides is 3. The van der Waals surface area contributed by atoms with Crippen LogP contribution in [0.25, 0.3) is 0 Å². The van der Waals surface area contributed by atoms with E-state index in [4.69, 9.17) is 9.47 Å². The molecule has 1 atom stereocenters. The average Bonchev–Trinajstić information content (AvgIpc) is 3.07. The summed E-state index contributed by atoms with van der Waals surface area (Å²) in [5.41, 5.74) is 0.219. The van der Waals surface area contributed by atoms with Gasteiger partial charge in [0.15, 0.2) is 23.1 Å². The van der Waals surface area contributed by atoms with Crippen molar-refractivity contribution in [3.05, 3.63) is 88.7 Å². The van der Waals surface area contributed by atoms with E-state index in [2.05, 4.69) is 16.0 Å². The van der Waals surface area contributed by atoms with Crippen molar-refractivity contribution in [1.82, 2.24) is 20.9 Å². The Morgan fingerprint density at radius 3 is 2.37 bits per heavy atom. The maximum absolute atomic E-state index is 15.0. The van der Waals surface area contributed by atoms with Gasteiger partial charge in [-0.2, -0.15) is 13.2 Å². The molecule has 3 aromatic rings. The first kappa shape index (κ1) is 36.7. The van der Waals surface area contributed by atoms with E-state index < -0.39 is 41.3 Å². The minimum Gasteiger partial charge on any atom is -0.493 e. The molecule has 2 aliphatic rings. The fraction of sp³-hybridized carbons (Fsp3) is 0.371. The molecule has 49 heavy (non-hydrogen) atoms. The van der Waals surface area contributed by atoms with Gasteiger partial charge in [-0.05, 0) is 72.9 Å². The normalized spacial score (nSPS) is 17.0. The largest absolute Gasteiger partial charge is 0.493 e. The molecule has 4 bridgehead atoms. The van der Waals surface area contributed by atoms with E-state index >= 15 is 4.39 Å². The molecule has 0 fully saturated rings. The summed E-state index contributed by atoms with van der Waals surface area (Å²) < 4.78 is 65.1. The van der Waals surface area contributed by atoms with Gasteiger partial charge in [-0.25, -0.2) is 4.39 Å². The van der Waals surface area contributed by atoms with Crippen molar-refractivity contribution in [3.8, 4) is 17.2 Å². The highest BCUT2D eigenvalue weighted by atomic mass is 19.4. The van der Waals surface area contributed by atoms with Crippen LogP contribution in [0.1, 0.15) is 59.7 Å². The predicted molar refractivity (Wildman–Crippen MR) is 171 cm³/mol. The number of carbonyl (C=O) groups excluding carboxylic acids is 4. The summed E-state index contributed by atoms with van der Waals surface area (Å²) in [5.74, 6) is -2.18. The Morgan fingerprint density at radius 2 is 1.69 bits per heavy atom. The Labute approximate surface area is 281 Å². The second-order valence-electron chi connectivity index (χ2n) is 11.4. The lowest BCUT2D eigenvalue weighted by molar-refractivity contribution is -0.137. The second-order valence-corrected chi connectivity index (χ2v) is 11.4. The average molecular weight is 687 g/mol. The van der Waals surface area contributed by atoms with E-state index in [0.29, 0.717) is 24.0 Å². The standard InChI is InChI=1S/C35H38F4N4O6/c1-3-27-34(47)41-21-23-9-13-28(26(36)18-23)49-30-20-24(10-14-29(30)48-2)33(46)40-15-5-17-43(16-4-6-31(44)42-27)32(45)19-22-7-11-25(12-8-22)35(37,38)39/h7-14,18,20,27H,3-6,15-17,19,21H2,1-2H3,(H,40,46)(H,41,47)(H,42,44)/t27-/m0/s1. The van der Waals surface area contributed by atoms with Crippen LogP contribution in [0.4, 0.5) is 17.6 Å². The summed E-state index contributed by atoms with van der Waals surface area (Å²) in [6.45, 7) is 2.22. The van der Waals surface area contributed by atoms with Crippen LogP contribution in [0.2, 0.25) is 0 Å². The Bertz CT molecular complexity index is 1650. The van der Waals surface area contributed by atoms with Gasteiger partial charge in [0.25, 0.3) is 5.91 Å². The molecule has 3 N–H and O–H groups in total. The Balaban J connectivity index is 1.53. The van der Waals surface area contributed by atoms with Crippen molar-refractivity contribution in [2.24, 2.45) is 0 Å². The minimum absolute atomic E-state index is 0.00292. The van der Waals surface area contributed by atoms with E-state index in [1.54, 1.807) is 13.0 Å². The summed E-state index contributed by atoms with van der Waals surface area (Å²) in [4.78, 5) is 53.4. The molecule has 0 radical (unpaired) electrons. The third kappa shape index (κ3) is 10.4. The van der Waals surface area contributed by atoms with Gasteiger partial charge in [0.1, 0.15) is 6.04 Å². The lowest BCUT2D eigenvalue weighted by Crippen LogP contribution is -2.46. The Hall–Kier alpha value is -5.14. The van der Waals surface area contributed by atoms with Crippen LogP contribution in [0.3, 0.4) is 0 Å². The maximum atomic E-state index is 15.0. The highest BCUT2D eigenvalue weighted by Gasteiger charge is 2.30. The van der Waals surface area contributed by atoms with Crippen molar-refractivity contribution < 1.29 is 46.2 Å². The zero-order valence-electron chi connectivity index (χ0n) is 27.1. The van der Waals surface area contributed by atoms with E-state index in [1.165, 1.54) is 54.5 Å². The van der Waals surface area contributed by atoms with Gasteiger partial charge in [-0.3, -0.25) is 19.2 Å². The molecular weight excluding hydrogens is 648 g/mol. The molecule has 14 heteroatoms. The molecular formula is C35H38F4N4O6. The van der Waals surface area contributed by atoms with Crippen LogP contribution in [0.15, 0.2) is 60.7 Å². The number of methoxy groups -OCH3 is 1. The summed E-state index contributed by atoms with van der Waals surface area (Å²) >= 11 is 0.